The van der Waals surface area contributed by atoms with Gasteiger partial charge in [-0.3, -0.25) is 9.59 Å². The molecule has 3 rings (SSSR count). The molecule has 1 aliphatic heterocycles. The molecular weight excluding hydrogens is 397 g/mol. The van der Waals surface area contributed by atoms with Crippen molar-refractivity contribution in [1.29, 1.82) is 0 Å². The van der Waals surface area contributed by atoms with Gasteiger partial charge in [0.2, 0.25) is 15.8 Å². The minimum absolute atomic E-state index is 0.107. The van der Waals surface area contributed by atoms with Crippen molar-refractivity contribution in [3.63, 3.8) is 0 Å². The number of carbonyl (C=O) groups excluding carboxylic acids is 2. The summed E-state index contributed by atoms with van der Waals surface area (Å²) in [7, 11) is -3.86. The second-order valence-electron chi connectivity index (χ2n) is 6.89. The molecule has 2 atom stereocenters. The zero-order valence-corrected chi connectivity index (χ0v) is 16.8. The van der Waals surface area contributed by atoms with E-state index in [1.54, 1.807) is 18.2 Å². The number of benzene rings is 2. The SMILES string of the molecule is C[C@@H](OC(=O)[C@@H]1CCCCN1S(=O)(=O)c1ccccc1)C(=O)c1ccc(F)cc1. The molecule has 0 aliphatic carbocycles. The van der Waals surface area contributed by atoms with E-state index in [0.29, 0.717) is 19.3 Å². The molecule has 2 aromatic carbocycles. The van der Waals surface area contributed by atoms with Crippen molar-refractivity contribution in [1.82, 2.24) is 4.31 Å². The molecule has 0 spiro atoms. The van der Waals surface area contributed by atoms with Gasteiger partial charge in [-0.25, -0.2) is 12.8 Å². The van der Waals surface area contributed by atoms with Crippen LogP contribution < -0.4 is 0 Å². The first-order chi connectivity index (χ1) is 13.8. The predicted octanol–water partition coefficient (Wildman–Crippen LogP) is 3.18. The number of hydrogen-bond acceptors (Lipinski definition) is 5. The molecule has 0 N–H and O–H groups in total. The third-order valence-electron chi connectivity index (χ3n) is 4.87. The Kier molecular flexibility index (Phi) is 6.44. The first kappa shape index (κ1) is 21.1. The molecule has 0 aromatic heterocycles. The summed E-state index contributed by atoms with van der Waals surface area (Å²) < 4.78 is 45.5. The average molecular weight is 419 g/mol. The van der Waals surface area contributed by atoms with Crippen LogP contribution in [0.2, 0.25) is 0 Å². The molecule has 0 radical (unpaired) electrons. The van der Waals surface area contributed by atoms with E-state index in [4.69, 9.17) is 4.74 Å². The Hall–Kier alpha value is -2.58. The van der Waals surface area contributed by atoms with Crippen LogP contribution in [-0.2, 0) is 19.6 Å². The standard InChI is InChI=1S/C21H22FNO5S/c1-15(20(24)16-10-12-17(22)13-11-16)28-21(25)19-9-5-6-14-23(19)29(26,27)18-7-3-2-4-8-18/h2-4,7-8,10-13,15,19H,5-6,9,14H2,1H3/t15-,19+/m1/s1. The first-order valence-corrected chi connectivity index (χ1v) is 10.8. The lowest BCUT2D eigenvalue weighted by molar-refractivity contribution is -0.151. The molecule has 154 valence electrons. The summed E-state index contributed by atoms with van der Waals surface area (Å²) in [6.45, 7) is 1.62. The van der Waals surface area contributed by atoms with Crippen LogP contribution in [0.25, 0.3) is 0 Å². The second-order valence-corrected chi connectivity index (χ2v) is 8.78. The maximum atomic E-state index is 13.0. The molecule has 6 nitrogen and oxygen atoms in total. The predicted molar refractivity (Wildman–Crippen MR) is 104 cm³/mol. The Morgan fingerprint density at radius 3 is 2.38 bits per heavy atom. The van der Waals surface area contributed by atoms with Crippen LogP contribution in [0, 0.1) is 5.82 Å². The molecule has 29 heavy (non-hydrogen) atoms. The fourth-order valence-electron chi connectivity index (χ4n) is 3.31. The maximum Gasteiger partial charge on any atom is 0.325 e. The van der Waals surface area contributed by atoms with Gasteiger partial charge in [-0.05, 0) is 62.6 Å². The topological polar surface area (TPSA) is 80.8 Å². The lowest BCUT2D eigenvalue weighted by atomic mass is 10.0. The highest BCUT2D eigenvalue weighted by molar-refractivity contribution is 7.89. The highest BCUT2D eigenvalue weighted by Crippen LogP contribution is 2.26. The summed E-state index contributed by atoms with van der Waals surface area (Å²) in [5.74, 6) is -1.71. The summed E-state index contributed by atoms with van der Waals surface area (Å²) in [5, 5.41) is 0. The van der Waals surface area contributed by atoms with Gasteiger partial charge in [-0.15, -0.1) is 0 Å². The minimum atomic E-state index is -3.86. The number of Topliss-reactive ketones (excluding diaryl/α,β-unsaturated/α-hetero) is 1. The molecule has 0 saturated carbocycles. The van der Waals surface area contributed by atoms with Gasteiger partial charge < -0.3 is 4.74 Å². The fraction of sp³-hybridized carbons (Fsp3) is 0.333. The van der Waals surface area contributed by atoms with E-state index in [1.165, 1.54) is 31.2 Å². The lowest BCUT2D eigenvalue weighted by Crippen LogP contribution is -2.49. The van der Waals surface area contributed by atoms with Crippen molar-refractivity contribution in [3.05, 3.63) is 66.0 Å². The number of rotatable bonds is 6. The van der Waals surface area contributed by atoms with Gasteiger partial charge in [0.15, 0.2) is 6.10 Å². The first-order valence-electron chi connectivity index (χ1n) is 9.38. The van der Waals surface area contributed by atoms with E-state index >= 15 is 0 Å². The Labute approximate surface area is 169 Å². The van der Waals surface area contributed by atoms with E-state index in [9.17, 15) is 22.4 Å². The van der Waals surface area contributed by atoms with Gasteiger partial charge in [-0.2, -0.15) is 4.31 Å². The van der Waals surface area contributed by atoms with Crippen LogP contribution in [0.4, 0.5) is 4.39 Å². The highest BCUT2D eigenvalue weighted by atomic mass is 32.2. The van der Waals surface area contributed by atoms with Crippen molar-refractivity contribution >= 4 is 21.8 Å². The third kappa shape index (κ3) is 4.71. The normalized spacial score (nSPS) is 18.8. The summed E-state index contributed by atoms with van der Waals surface area (Å²) in [6, 6.07) is 11.8. The van der Waals surface area contributed by atoms with Gasteiger partial charge >= 0.3 is 5.97 Å². The number of sulfonamides is 1. The molecule has 1 fully saturated rings. The van der Waals surface area contributed by atoms with E-state index < -0.39 is 39.7 Å². The van der Waals surface area contributed by atoms with Crippen LogP contribution in [0.5, 0.6) is 0 Å². The maximum absolute atomic E-state index is 13.0. The van der Waals surface area contributed by atoms with Crippen molar-refractivity contribution in [2.45, 2.75) is 43.2 Å². The smallest absolute Gasteiger partial charge is 0.325 e. The van der Waals surface area contributed by atoms with E-state index in [2.05, 4.69) is 0 Å². The summed E-state index contributed by atoms with van der Waals surface area (Å²) in [6.07, 6.45) is 0.527. The summed E-state index contributed by atoms with van der Waals surface area (Å²) >= 11 is 0. The molecule has 0 amide bonds. The number of nitrogens with zero attached hydrogens (tertiary/aromatic N) is 1. The number of ketones is 1. The zero-order chi connectivity index (χ0) is 21.0. The van der Waals surface area contributed by atoms with Gasteiger partial charge in [0.05, 0.1) is 4.90 Å². The van der Waals surface area contributed by atoms with Gasteiger partial charge in [0.25, 0.3) is 0 Å². The minimum Gasteiger partial charge on any atom is -0.453 e. The summed E-state index contributed by atoms with van der Waals surface area (Å²) in [5.41, 5.74) is 0.212. The number of esters is 1. The molecule has 0 unspecified atom stereocenters. The highest BCUT2D eigenvalue weighted by Gasteiger charge is 2.39. The van der Waals surface area contributed by atoms with E-state index in [0.717, 1.165) is 16.4 Å². The molecule has 1 aliphatic rings. The monoisotopic (exact) mass is 419 g/mol. The van der Waals surface area contributed by atoms with Crippen molar-refractivity contribution in [2.24, 2.45) is 0 Å². The fourth-order valence-corrected chi connectivity index (χ4v) is 4.98. The number of hydrogen-bond donors (Lipinski definition) is 0. The quantitative estimate of drug-likeness (QED) is 0.531. The Bertz CT molecular complexity index is 976. The Morgan fingerprint density at radius 2 is 1.72 bits per heavy atom. The van der Waals surface area contributed by atoms with Crippen LogP contribution in [0.1, 0.15) is 36.5 Å². The van der Waals surface area contributed by atoms with Gasteiger partial charge in [0, 0.05) is 12.1 Å². The summed E-state index contributed by atoms with van der Waals surface area (Å²) in [4.78, 5) is 25.3. The van der Waals surface area contributed by atoms with Crippen LogP contribution >= 0.6 is 0 Å². The average Bonchev–Trinajstić information content (AvgIpc) is 2.74. The Morgan fingerprint density at radius 1 is 1.07 bits per heavy atom. The molecule has 1 heterocycles. The van der Waals surface area contributed by atoms with E-state index in [1.807, 2.05) is 0 Å². The third-order valence-corrected chi connectivity index (χ3v) is 6.79. The van der Waals surface area contributed by atoms with Gasteiger partial charge in [-0.1, -0.05) is 18.2 Å². The molecular formula is C21H22FNO5S. The Balaban J connectivity index is 1.76. The molecule has 2 aromatic rings. The number of carbonyl (C=O) groups is 2. The van der Waals surface area contributed by atoms with Gasteiger partial charge in [0.1, 0.15) is 11.9 Å². The molecule has 0 bridgehead atoms. The van der Waals surface area contributed by atoms with Crippen LogP contribution in [-0.4, -0.2) is 43.2 Å². The van der Waals surface area contributed by atoms with Crippen LogP contribution in [0.15, 0.2) is 59.5 Å². The molecule has 8 heteroatoms. The lowest BCUT2D eigenvalue weighted by Gasteiger charge is -2.33. The van der Waals surface area contributed by atoms with E-state index in [-0.39, 0.29) is 17.0 Å². The zero-order valence-electron chi connectivity index (χ0n) is 16.0. The van der Waals surface area contributed by atoms with Crippen molar-refractivity contribution in [3.8, 4) is 0 Å². The van der Waals surface area contributed by atoms with Crippen molar-refractivity contribution in [2.75, 3.05) is 6.54 Å². The van der Waals surface area contributed by atoms with Crippen LogP contribution in [0.3, 0.4) is 0 Å². The van der Waals surface area contributed by atoms with Crippen molar-refractivity contribution < 1.29 is 27.1 Å². The molecule has 1 saturated heterocycles. The largest absolute Gasteiger partial charge is 0.453 e. The number of ether oxygens (including phenoxy) is 1. The number of halogens is 1. The number of piperidine rings is 1. The second kappa shape index (κ2) is 8.84.